The van der Waals surface area contributed by atoms with Gasteiger partial charge >= 0.3 is 0 Å². The van der Waals surface area contributed by atoms with Crippen LogP contribution in [0.5, 0.6) is 0 Å². The molecule has 3 nitrogen and oxygen atoms in total. The first-order valence-corrected chi connectivity index (χ1v) is 8.40. The Balaban J connectivity index is 2.36. The molecular weight excluding hydrogens is 250 g/mol. The maximum Gasteiger partial charge on any atom is 0.0734 e. The molecule has 1 aliphatic rings. The van der Waals surface area contributed by atoms with Crippen LogP contribution in [0.1, 0.15) is 60.3 Å². The lowest BCUT2D eigenvalue weighted by Gasteiger charge is -2.44. The van der Waals surface area contributed by atoms with E-state index in [9.17, 15) is 0 Å². The zero-order chi connectivity index (χ0) is 15.0. The van der Waals surface area contributed by atoms with Crippen LogP contribution in [0, 0.1) is 11.3 Å². The van der Waals surface area contributed by atoms with Crippen molar-refractivity contribution in [2.75, 3.05) is 26.4 Å². The number of hydrogen-bond acceptors (Lipinski definition) is 3. The van der Waals surface area contributed by atoms with Crippen LogP contribution in [0.25, 0.3) is 0 Å². The van der Waals surface area contributed by atoms with Crippen LogP contribution in [-0.2, 0) is 9.47 Å². The van der Waals surface area contributed by atoms with E-state index in [0.29, 0.717) is 23.5 Å². The van der Waals surface area contributed by atoms with Crippen LogP contribution < -0.4 is 5.32 Å². The molecule has 0 aromatic carbocycles. The zero-order valence-corrected chi connectivity index (χ0v) is 14.2. The SMILES string of the molecule is CCCNC1C(OCCOCC(C)C)CCCC1(C)C. The Morgan fingerprint density at radius 3 is 2.65 bits per heavy atom. The summed E-state index contributed by atoms with van der Waals surface area (Å²) in [6, 6.07) is 0.473. The van der Waals surface area contributed by atoms with Gasteiger partial charge in [-0.15, -0.1) is 0 Å². The summed E-state index contributed by atoms with van der Waals surface area (Å²) < 4.78 is 11.7. The molecule has 0 heterocycles. The van der Waals surface area contributed by atoms with Crippen molar-refractivity contribution in [1.82, 2.24) is 5.32 Å². The average Bonchev–Trinajstić information content (AvgIpc) is 2.36. The Kier molecular flexibility index (Phi) is 8.08. The maximum absolute atomic E-state index is 6.12. The van der Waals surface area contributed by atoms with E-state index < -0.39 is 0 Å². The summed E-state index contributed by atoms with van der Waals surface area (Å²) in [4.78, 5) is 0. The topological polar surface area (TPSA) is 30.5 Å². The Morgan fingerprint density at radius 1 is 1.25 bits per heavy atom. The van der Waals surface area contributed by atoms with E-state index >= 15 is 0 Å². The Bertz CT molecular complexity index is 253. The minimum absolute atomic E-state index is 0.330. The quantitative estimate of drug-likeness (QED) is 0.656. The minimum atomic E-state index is 0.330. The molecule has 0 aromatic rings. The van der Waals surface area contributed by atoms with Gasteiger partial charge in [-0.25, -0.2) is 0 Å². The standard InChI is InChI=1S/C17H35NO2/c1-6-10-18-16-15(8-7-9-17(16,4)5)20-12-11-19-13-14(2)3/h14-16,18H,6-13H2,1-5H3. The van der Waals surface area contributed by atoms with Gasteiger partial charge in [0.25, 0.3) is 0 Å². The first kappa shape index (κ1) is 17.9. The lowest BCUT2D eigenvalue weighted by molar-refractivity contribution is -0.0577. The third-order valence-corrected chi connectivity index (χ3v) is 4.15. The molecule has 1 aliphatic carbocycles. The minimum Gasteiger partial charge on any atom is -0.379 e. The van der Waals surface area contributed by atoms with Crippen molar-refractivity contribution < 1.29 is 9.47 Å². The van der Waals surface area contributed by atoms with Gasteiger partial charge in [0.2, 0.25) is 0 Å². The molecule has 0 spiro atoms. The van der Waals surface area contributed by atoms with Crippen LogP contribution >= 0.6 is 0 Å². The van der Waals surface area contributed by atoms with E-state index in [0.717, 1.165) is 26.4 Å². The number of ether oxygens (including phenoxy) is 2. The number of nitrogens with one attached hydrogen (secondary N) is 1. The Labute approximate surface area is 125 Å². The molecule has 0 aliphatic heterocycles. The van der Waals surface area contributed by atoms with Crippen LogP contribution in [0.15, 0.2) is 0 Å². The van der Waals surface area contributed by atoms with Crippen molar-refractivity contribution in [3.05, 3.63) is 0 Å². The summed E-state index contributed by atoms with van der Waals surface area (Å²) >= 11 is 0. The molecule has 0 amide bonds. The van der Waals surface area contributed by atoms with Gasteiger partial charge in [-0.3, -0.25) is 0 Å². The summed E-state index contributed by atoms with van der Waals surface area (Å²) in [6.07, 6.45) is 5.26. The van der Waals surface area contributed by atoms with Crippen molar-refractivity contribution in [3.8, 4) is 0 Å². The molecule has 120 valence electrons. The molecule has 1 fully saturated rings. The van der Waals surface area contributed by atoms with Gasteiger partial charge in [0.15, 0.2) is 0 Å². The fraction of sp³-hybridized carbons (Fsp3) is 1.00. The van der Waals surface area contributed by atoms with Crippen LogP contribution in [0.3, 0.4) is 0 Å². The highest BCUT2D eigenvalue weighted by molar-refractivity contribution is 4.94. The third-order valence-electron chi connectivity index (χ3n) is 4.15. The van der Waals surface area contributed by atoms with Gasteiger partial charge in [-0.05, 0) is 37.1 Å². The predicted octanol–water partition coefficient (Wildman–Crippen LogP) is 3.62. The first-order chi connectivity index (χ1) is 9.47. The second kappa shape index (κ2) is 9.01. The van der Waals surface area contributed by atoms with E-state index in [1.165, 1.54) is 25.7 Å². The predicted molar refractivity (Wildman–Crippen MR) is 85.1 cm³/mol. The Morgan fingerprint density at radius 2 is 2.00 bits per heavy atom. The van der Waals surface area contributed by atoms with Gasteiger partial charge in [0.1, 0.15) is 0 Å². The fourth-order valence-corrected chi connectivity index (χ4v) is 3.05. The fourth-order valence-electron chi connectivity index (χ4n) is 3.05. The van der Waals surface area contributed by atoms with E-state index in [-0.39, 0.29) is 0 Å². The van der Waals surface area contributed by atoms with E-state index in [1.54, 1.807) is 0 Å². The average molecular weight is 285 g/mol. The molecule has 0 saturated heterocycles. The van der Waals surface area contributed by atoms with E-state index in [4.69, 9.17) is 9.47 Å². The molecular formula is C17H35NO2. The zero-order valence-electron chi connectivity index (χ0n) is 14.2. The van der Waals surface area contributed by atoms with Gasteiger partial charge in [-0.1, -0.05) is 41.0 Å². The summed E-state index contributed by atoms with van der Waals surface area (Å²) in [5.41, 5.74) is 0.330. The normalized spacial score (nSPS) is 26.1. The monoisotopic (exact) mass is 285 g/mol. The van der Waals surface area contributed by atoms with Crippen molar-refractivity contribution in [3.63, 3.8) is 0 Å². The van der Waals surface area contributed by atoms with Crippen molar-refractivity contribution in [2.24, 2.45) is 11.3 Å². The second-order valence-electron chi connectivity index (χ2n) is 7.19. The van der Waals surface area contributed by atoms with Crippen molar-refractivity contribution in [2.45, 2.75) is 72.4 Å². The number of hydrogen-bond donors (Lipinski definition) is 1. The summed E-state index contributed by atoms with van der Waals surface area (Å²) in [7, 11) is 0. The molecule has 1 N–H and O–H groups in total. The van der Waals surface area contributed by atoms with Gasteiger partial charge in [0, 0.05) is 12.6 Å². The molecule has 0 bridgehead atoms. The van der Waals surface area contributed by atoms with E-state index in [1.807, 2.05) is 0 Å². The van der Waals surface area contributed by atoms with Crippen LogP contribution in [0.4, 0.5) is 0 Å². The van der Waals surface area contributed by atoms with Crippen molar-refractivity contribution in [1.29, 1.82) is 0 Å². The number of rotatable bonds is 9. The summed E-state index contributed by atoms with van der Waals surface area (Å²) in [6.45, 7) is 14.7. The molecule has 20 heavy (non-hydrogen) atoms. The lowest BCUT2D eigenvalue weighted by Crippen LogP contribution is -2.53. The van der Waals surface area contributed by atoms with Gasteiger partial charge < -0.3 is 14.8 Å². The highest BCUT2D eigenvalue weighted by atomic mass is 16.5. The molecule has 2 unspecified atom stereocenters. The smallest absolute Gasteiger partial charge is 0.0734 e. The van der Waals surface area contributed by atoms with Gasteiger partial charge in [-0.2, -0.15) is 0 Å². The summed E-state index contributed by atoms with van der Waals surface area (Å²) in [5.74, 6) is 0.600. The van der Waals surface area contributed by atoms with Crippen LogP contribution in [-0.4, -0.2) is 38.5 Å². The largest absolute Gasteiger partial charge is 0.379 e. The highest BCUT2D eigenvalue weighted by Gasteiger charge is 2.38. The Hall–Kier alpha value is -0.120. The second-order valence-corrected chi connectivity index (χ2v) is 7.19. The lowest BCUT2D eigenvalue weighted by atomic mass is 9.71. The first-order valence-electron chi connectivity index (χ1n) is 8.40. The third kappa shape index (κ3) is 6.11. The molecule has 1 saturated carbocycles. The molecule has 3 heteroatoms. The maximum atomic E-state index is 6.12. The van der Waals surface area contributed by atoms with E-state index in [2.05, 4.69) is 39.9 Å². The molecule has 0 radical (unpaired) electrons. The summed E-state index contributed by atoms with van der Waals surface area (Å²) in [5, 5.41) is 3.70. The van der Waals surface area contributed by atoms with Crippen LogP contribution in [0.2, 0.25) is 0 Å². The molecule has 0 aromatic heterocycles. The van der Waals surface area contributed by atoms with Gasteiger partial charge in [0.05, 0.1) is 19.3 Å². The van der Waals surface area contributed by atoms with Crippen molar-refractivity contribution >= 4 is 0 Å². The highest BCUT2D eigenvalue weighted by Crippen LogP contribution is 2.37. The molecule has 1 rings (SSSR count). The molecule has 2 atom stereocenters.